The molecule has 1 aliphatic rings. The van der Waals surface area contributed by atoms with Gasteiger partial charge >= 0.3 is 0 Å². The van der Waals surface area contributed by atoms with Crippen LogP contribution in [0.2, 0.25) is 0 Å². The molecule has 1 amide bonds. The standard InChI is InChI=1S/C21H26N4O3S/c26-21(22-11-4-16-29-20-5-2-1-3-6-20)17-23-12-14-24(15-13-23)18-7-9-19(10-8-18)25(27)28/h1-3,5-10H,4,11-17H2,(H,22,26)/p+1. The zero-order valence-corrected chi connectivity index (χ0v) is 17.2. The van der Waals surface area contributed by atoms with Crippen molar-refractivity contribution in [3.63, 3.8) is 0 Å². The van der Waals surface area contributed by atoms with E-state index in [4.69, 9.17) is 0 Å². The summed E-state index contributed by atoms with van der Waals surface area (Å²) in [5, 5.41) is 13.8. The summed E-state index contributed by atoms with van der Waals surface area (Å²) in [4.78, 5) is 27.3. The molecule has 0 spiro atoms. The normalized spacial score (nSPS) is 14.6. The fraction of sp³-hybridized carbons (Fsp3) is 0.381. The van der Waals surface area contributed by atoms with Crippen LogP contribution in [0.1, 0.15) is 6.42 Å². The molecule has 29 heavy (non-hydrogen) atoms. The number of piperazine rings is 1. The molecule has 0 aromatic heterocycles. The van der Waals surface area contributed by atoms with Gasteiger partial charge in [-0.1, -0.05) is 18.2 Å². The smallest absolute Gasteiger partial charge is 0.275 e. The minimum Gasteiger partial charge on any atom is -0.360 e. The van der Waals surface area contributed by atoms with Crippen LogP contribution in [0.4, 0.5) is 11.4 Å². The number of non-ortho nitro benzene ring substituents is 1. The number of hydrogen-bond donors (Lipinski definition) is 2. The third-order valence-corrected chi connectivity index (χ3v) is 6.06. The lowest BCUT2D eigenvalue weighted by molar-refractivity contribution is -0.892. The highest BCUT2D eigenvalue weighted by Gasteiger charge is 2.22. The van der Waals surface area contributed by atoms with E-state index in [-0.39, 0.29) is 16.5 Å². The van der Waals surface area contributed by atoms with Gasteiger partial charge in [0.2, 0.25) is 0 Å². The van der Waals surface area contributed by atoms with E-state index in [1.54, 1.807) is 12.1 Å². The van der Waals surface area contributed by atoms with Gasteiger partial charge < -0.3 is 15.1 Å². The maximum absolute atomic E-state index is 12.2. The number of amides is 1. The monoisotopic (exact) mass is 415 g/mol. The van der Waals surface area contributed by atoms with Crippen LogP contribution in [0, 0.1) is 10.1 Å². The Labute approximate surface area is 175 Å². The van der Waals surface area contributed by atoms with Crippen molar-refractivity contribution in [2.24, 2.45) is 0 Å². The Morgan fingerprint density at radius 1 is 1.10 bits per heavy atom. The van der Waals surface area contributed by atoms with Crippen molar-refractivity contribution >= 4 is 29.0 Å². The van der Waals surface area contributed by atoms with Crippen molar-refractivity contribution < 1.29 is 14.6 Å². The van der Waals surface area contributed by atoms with Crippen molar-refractivity contribution in [2.75, 3.05) is 49.9 Å². The van der Waals surface area contributed by atoms with Crippen LogP contribution >= 0.6 is 11.8 Å². The topological polar surface area (TPSA) is 79.9 Å². The number of thioether (sulfide) groups is 1. The highest BCUT2D eigenvalue weighted by molar-refractivity contribution is 7.99. The third-order valence-electron chi connectivity index (χ3n) is 4.96. The molecule has 0 aliphatic carbocycles. The second kappa shape index (κ2) is 10.8. The van der Waals surface area contributed by atoms with Gasteiger partial charge in [-0.15, -0.1) is 11.8 Å². The van der Waals surface area contributed by atoms with E-state index in [9.17, 15) is 14.9 Å². The van der Waals surface area contributed by atoms with Gasteiger partial charge in [-0.2, -0.15) is 0 Å². The second-order valence-corrected chi connectivity index (χ2v) is 8.22. The van der Waals surface area contributed by atoms with Gasteiger partial charge in [-0.25, -0.2) is 0 Å². The van der Waals surface area contributed by atoms with Crippen LogP contribution in [-0.2, 0) is 4.79 Å². The molecule has 0 bridgehead atoms. The number of carbonyl (C=O) groups excluding carboxylic acids is 1. The minimum absolute atomic E-state index is 0.105. The van der Waals surface area contributed by atoms with Gasteiger partial charge in [0.05, 0.1) is 31.1 Å². The van der Waals surface area contributed by atoms with Gasteiger partial charge in [0.15, 0.2) is 6.54 Å². The zero-order chi connectivity index (χ0) is 20.5. The summed E-state index contributed by atoms with van der Waals surface area (Å²) in [5.41, 5.74) is 1.10. The fourth-order valence-corrected chi connectivity index (χ4v) is 4.21. The molecule has 7 nitrogen and oxygen atoms in total. The largest absolute Gasteiger partial charge is 0.360 e. The molecule has 1 heterocycles. The number of nitro groups is 1. The van der Waals surface area contributed by atoms with E-state index in [1.165, 1.54) is 21.9 Å². The van der Waals surface area contributed by atoms with Crippen molar-refractivity contribution in [3.05, 3.63) is 64.7 Å². The molecule has 0 saturated carbocycles. The predicted molar refractivity (Wildman–Crippen MR) is 116 cm³/mol. The molecule has 1 fully saturated rings. The van der Waals surface area contributed by atoms with Crippen molar-refractivity contribution in [1.29, 1.82) is 0 Å². The highest BCUT2D eigenvalue weighted by atomic mass is 32.2. The van der Waals surface area contributed by atoms with Gasteiger partial charge in [0.25, 0.3) is 11.6 Å². The molecule has 0 unspecified atom stereocenters. The van der Waals surface area contributed by atoms with Crippen molar-refractivity contribution in [2.45, 2.75) is 11.3 Å². The Morgan fingerprint density at radius 3 is 2.45 bits per heavy atom. The lowest BCUT2D eigenvalue weighted by atomic mass is 10.2. The van der Waals surface area contributed by atoms with Crippen LogP contribution < -0.4 is 15.1 Å². The number of nitrogens with zero attached hydrogens (tertiary/aromatic N) is 2. The number of anilines is 1. The molecule has 1 saturated heterocycles. The first-order valence-electron chi connectivity index (χ1n) is 9.89. The van der Waals surface area contributed by atoms with E-state index < -0.39 is 0 Å². The number of hydrogen-bond acceptors (Lipinski definition) is 5. The summed E-state index contributed by atoms with van der Waals surface area (Å²) in [6.07, 6.45) is 0.953. The summed E-state index contributed by atoms with van der Waals surface area (Å²) >= 11 is 1.81. The van der Waals surface area contributed by atoms with E-state index in [0.29, 0.717) is 13.1 Å². The lowest BCUT2D eigenvalue weighted by Crippen LogP contribution is -3.15. The summed E-state index contributed by atoms with van der Waals surface area (Å²) in [6.45, 7) is 4.66. The predicted octanol–water partition coefficient (Wildman–Crippen LogP) is 1.60. The molecule has 154 valence electrons. The summed E-state index contributed by atoms with van der Waals surface area (Å²) in [5.74, 6) is 1.10. The Kier molecular flexibility index (Phi) is 7.89. The SMILES string of the molecule is O=C(C[NH+]1CCN(c2ccc([N+](=O)[O-])cc2)CC1)NCCCSc1ccccc1. The molecule has 2 N–H and O–H groups in total. The highest BCUT2D eigenvalue weighted by Crippen LogP contribution is 2.19. The first kappa shape index (κ1) is 21.1. The average Bonchev–Trinajstić information content (AvgIpc) is 2.75. The average molecular weight is 416 g/mol. The van der Waals surface area contributed by atoms with Gasteiger partial charge in [-0.3, -0.25) is 14.9 Å². The maximum atomic E-state index is 12.2. The van der Waals surface area contributed by atoms with Gasteiger partial charge in [0, 0.05) is 29.3 Å². The van der Waals surface area contributed by atoms with E-state index in [0.717, 1.165) is 44.0 Å². The van der Waals surface area contributed by atoms with Gasteiger partial charge in [-0.05, 0) is 36.4 Å². The number of nitro benzene ring substituents is 1. The molecule has 8 heteroatoms. The molecule has 2 aromatic rings. The molecular formula is C21H27N4O3S+. The zero-order valence-electron chi connectivity index (χ0n) is 16.4. The second-order valence-electron chi connectivity index (χ2n) is 7.05. The van der Waals surface area contributed by atoms with E-state index in [2.05, 4.69) is 22.3 Å². The first-order chi connectivity index (χ1) is 14.1. The van der Waals surface area contributed by atoms with Gasteiger partial charge in [0.1, 0.15) is 0 Å². The Hall–Kier alpha value is -2.58. The molecule has 3 rings (SSSR count). The molecular weight excluding hydrogens is 388 g/mol. The lowest BCUT2D eigenvalue weighted by Gasteiger charge is -2.33. The fourth-order valence-electron chi connectivity index (χ4n) is 3.34. The van der Waals surface area contributed by atoms with Crippen molar-refractivity contribution in [1.82, 2.24) is 5.32 Å². The number of benzene rings is 2. The quantitative estimate of drug-likeness (QED) is 0.281. The Balaban J connectivity index is 1.30. The molecule has 0 atom stereocenters. The maximum Gasteiger partial charge on any atom is 0.275 e. The number of quaternary nitrogens is 1. The number of carbonyl (C=O) groups is 1. The summed E-state index contributed by atoms with van der Waals surface area (Å²) in [7, 11) is 0. The molecule has 1 aliphatic heterocycles. The summed E-state index contributed by atoms with van der Waals surface area (Å²) < 4.78 is 0. The van der Waals surface area contributed by atoms with E-state index >= 15 is 0 Å². The van der Waals surface area contributed by atoms with E-state index in [1.807, 2.05) is 30.0 Å². The number of rotatable bonds is 9. The summed E-state index contributed by atoms with van der Waals surface area (Å²) in [6, 6.07) is 17.0. The van der Waals surface area contributed by atoms with Crippen LogP contribution in [0.5, 0.6) is 0 Å². The van der Waals surface area contributed by atoms with Crippen LogP contribution in [-0.4, -0.2) is 55.9 Å². The van der Waals surface area contributed by atoms with Crippen LogP contribution in [0.15, 0.2) is 59.5 Å². The first-order valence-corrected chi connectivity index (χ1v) is 10.9. The third kappa shape index (κ3) is 6.76. The van der Waals surface area contributed by atoms with Crippen LogP contribution in [0.25, 0.3) is 0 Å². The van der Waals surface area contributed by atoms with Crippen LogP contribution in [0.3, 0.4) is 0 Å². The number of nitrogens with one attached hydrogen (secondary N) is 2. The minimum atomic E-state index is -0.384. The Morgan fingerprint density at radius 2 is 1.79 bits per heavy atom. The molecule has 2 aromatic carbocycles. The molecule has 0 radical (unpaired) electrons. The van der Waals surface area contributed by atoms with Crippen molar-refractivity contribution in [3.8, 4) is 0 Å². The Bertz CT molecular complexity index is 793.